The predicted octanol–water partition coefficient (Wildman–Crippen LogP) is 2.44. The van der Waals surface area contributed by atoms with Gasteiger partial charge in [-0.15, -0.1) is 0 Å². The van der Waals surface area contributed by atoms with E-state index in [-0.39, 0.29) is 0 Å². The molecule has 1 rings (SSSR count). The number of benzene rings is 1. The van der Waals surface area contributed by atoms with Gasteiger partial charge in [-0.3, -0.25) is 0 Å². The van der Waals surface area contributed by atoms with Gasteiger partial charge in [0.15, 0.2) is 0 Å². The molecule has 4 heteroatoms. The van der Waals surface area contributed by atoms with E-state index in [1.807, 2.05) is 6.07 Å². The van der Waals surface area contributed by atoms with Crippen molar-refractivity contribution in [2.24, 2.45) is 0 Å². The number of esters is 1. The van der Waals surface area contributed by atoms with Crippen molar-refractivity contribution in [2.75, 3.05) is 7.11 Å². The summed E-state index contributed by atoms with van der Waals surface area (Å²) in [6.07, 6.45) is 2.96. The van der Waals surface area contributed by atoms with Gasteiger partial charge in [0.25, 0.3) is 0 Å². The fraction of sp³-hybridized carbons (Fsp3) is 0.100. The minimum atomic E-state index is -0.396. The quantitative estimate of drug-likeness (QED) is 0.473. The molecule has 0 saturated heterocycles. The van der Waals surface area contributed by atoms with E-state index < -0.39 is 5.97 Å². The molecule has 0 bridgehead atoms. The third-order valence-electron chi connectivity index (χ3n) is 1.58. The van der Waals surface area contributed by atoms with Crippen molar-refractivity contribution < 1.29 is 14.1 Å². The summed E-state index contributed by atoms with van der Waals surface area (Å²) < 4.78 is 13.2. The summed E-state index contributed by atoms with van der Waals surface area (Å²) in [6.45, 7) is 0. The van der Waals surface area contributed by atoms with Gasteiger partial charge < -0.3 is 9.29 Å². The summed E-state index contributed by atoms with van der Waals surface area (Å²) in [5.74, 6) is -0.396. The third-order valence-corrected chi connectivity index (χ3v) is 2.04. The summed E-state index contributed by atoms with van der Waals surface area (Å²) >= 11 is 0.673. The van der Waals surface area contributed by atoms with E-state index in [4.69, 9.17) is 4.55 Å². The summed E-state index contributed by atoms with van der Waals surface area (Å²) in [5, 5.41) is 0. The van der Waals surface area contributed by atoms with Crippen LogP contribution >= 0.6 is 12.0 Å². The first kappa shape index (κ1) is 10.8. The highest BCUT2D eigenvalue weighted by atomic mass is 32.2. The molecule has 0 spiro atoms. The van der Waals surface area contributed by atoms with Crippen LogP contribution in [0.5, 0.6) is 0 Å². The zero-order valence-electron chi connectivity index (χ0n) is 7.64. The van der Waals surface area contributed by atoms with Crippen LogP contribution in [0.2, 0.25) is 0 Å². The lowest BCUT2D eigenvalue weighted by Crippen LogP contribution is -1.93. The molecule has 0 amide bonds. The maximum absolute atomic E-state index is 10.8. The summed E-state index contributed by atoms with van der Waals surface area (Å²) in [5.41, 5.74) is 0.842. The number of carbonyl (C=O) groups excluding carboxylic acids is 1. The number of ether oxygens (including phenoxy) is 1. The van der Waals surface area contributed by atoms with Crippen LogP contribution in [0.4, 0.5) is 0 Å². The largest absolute Gasteiger partial charge is 0.466 e. The van der Waals surface area contributed by atoms with Crippen LogP contribution in [0.3, 0.4) is 0 Å². The lowest BCUT2D eigenvalue weighted by Gasteiger charge is -1.96. The highest BCUT2D eigenvalue weighted by molar-refractivity contribution is 7.93. The Kier molecular flexibility index (Phi) is 4.22. The highest BCUT2D eigenvalue weighted by Crippen LogP contribution is 2.16. The van der Waals surface area contributed by atoms with Gasteiger partial charge in [-0.2, -0.15) is 0 Å². The van der Waals surface area contributed by atoms with Crippen molar-refractivity contribution in [1.29, 1.82) is 0 Å². The van der Waals surface area contributed by atoms with E-state index in [1.165, 1.54) is 13.2 Å². The maximum Gasteiger partial charge on any atom is 0.330 e. The van der Waals surface area contributed by atoms with E-state index in [2.05, 4.69) is 4.74 Å². The number of carbonyl (C=O) groups is 1. The standard InChI is InChI=1S/C10H10O3S/c1-13-10(11)6-5-8-3-2-4-9(7-8)14-12/h2-7,12H,1H3/b6-5+. The fourth-order valence-electron chi connectivity index (χ4n) is 0.907. The molecule has 0 fully saturated rings. The molecule has 0 heterocycles. The van der Waals surface area contributed by atoms with Crippen LogP contribution in [-0.4, -0.2) is 17.6 Å². The van der Waals surface area contributed by atoms with Crippen molar-refractivity contribution in [2.45, 2.75) is 4.90 Å². The van der Waals surface area contributed by atoms with E-state index >= 15 is 0 Å². The number of methoxy groups -OCH3 is 1. The number of hydrogen-bond acceptors (Lipinski definition) is 4. The molecule has 0 saturated carbocycles. The average Bonchev–Trinajstić information content (AvgIpc) is 2.26. The molecule has 0 aromatic heterocycles. The van der Waals surface area contributed by atoms with Gasteiger partial charge >= 0.3 is 5.97 Å². The minimum absolute atomic E-state index is 0.396. The first-order valence-corrected chi connectivity index (χ1v) is 4.71. The molecule has 0 unspecified atom stereocenters. The first-order valence-electron chi connectivity index (χ1n) is 3.94. The normalized spacial score (nSPS) is 10.4. The molecule has 0 aliphatic carbocycles. The average molecular weight is 210 g/mol. The van der Waals surface area contributed by atoms with Gasteiger partial charge in [0.1, 0.15) is 0 Å². The molecule has 1 N–H and O–H groups in total. The summed E-state index contributed by atoms with van der Waals surface area (Å²) in [7, 11) is 1.33. The molecule has 74 valence electrons. The summed E-state index contributed by atoms with van der Waals surface area (Å²) in [6, 6.07) is 7.18. The van der Waals surface area contributed by atoms with E-state index in [0.717, 1.165) is 10.5 Å². The second kappa shape index (κ2) is 5.47. The number of rotatable bonds is 3. The topological polar surface area (TPSA) is 46.5 Å². The molecule has 0 atom stereocenters. The predicted molar refractivity (Wildman–Crippen MR) is 56.0 cm³/mol. The molecular weight excluding hydrogens is 200 g/mol. The monoisotopic (exact) mass is 210 g/mol. The molecule has 3 nitrogen and oxygen atoms in total. The maximum atomic E-state index is 10.8. The Morgan fingerprint density at radius 1 is 1.57 bits per heavy atom. The third kappa shape index (κ3) is 3.24. The van der Waals surface area contributed by atoms with Crippen molar-refractivity contribution in [3.8, 4) is 0 Å². The Balaban J connectivity index is 2.76. The van der Waals surface area contributed by atoms with Gasteiger partial charge in [-0.1, -0.05) is 12.1 Å². The Morgan fingerprint density at radius 2 is 2.36 bits per heavy atom. The van der Waals surface area contributed by atoms with E-state index in [1.54, 1.807) is 24.3 Å². The molecule has 0 aliphatic heterocycles. The lowest BCUT2D eigenvalue weighted by atomic mass is 10.2. The van der Waals surface area contributed by atoms with Crippen LogP contribution < -0.4 is 0 Å². The van der Waals surface area contributed by atoms with Crippen LogP contribution in [0.25, 0.3) is 6.08 Å². The van der Waals surface area contributed by atoms with E-state index in [9.17, 15) is 4.79 Å². The Bertz CT molecular complexity index is 347. The van der Waals surface area contributed by atoms with Crippen molar-refractivity contribution >= 4 is 24.1 Å². The van der Waals surface area contributed by atoms with Crippen molar-refractivity contribution in [3.63, 3.8) is 0 Å². The second-order valence-electron chi connectivity index (χ2n) is 2.52. The van der Waals surface area contributed by atoms with Crippen LogP contribution in [0.1, 0.15) is 5.56 Å². The molecule has 14 heavy (non-hydrogen) atoms. The Hall–Kier alpha value is -1.26. The van der Waals surface area contributed by atoms with E-state index in [0.29, 0.717) is 12.0 Å². The molecule has 1 aromatic carbocycles. The summed E-state index contributed by atoms with van der Waals surface area (Å²) in [4.78, 5) is 11.5. The molecule has 0 radical (unpaired) electrons. The Morgan fingerprint density at radius 3 is 3.00 bits per heavy atom. The van der Waals surface area contributed by atoms with Gasteiger partial charge in [0, 0.05) is 23.0 Å². The fourth-order valence-corrected chi connectivity index (χ4v) is 1.24. The molecule has 1 aromatic rings. The van der Waals surface area contributed by atoms with Crippen LogP contribution in [0, 0.1) is 0 Å². The van der Waals surface area contributed by atoms with Crippen molar-refractivity contribution in [1.82, 2.24) is 0 Å². The Labute approximate surface area is 86.6 Å². The molecular formula is C10H10O3S. The van der Waals surface area contributed by atoms with Gasteiger partial charge in [-0.05, 0) is 23.8 Å². The van der Waals surface area contributed by atoms with Crippen LogP contribution in [0.15, 0.2) is 35.2 Å². The van der Waals surface area contributed by atoms with Gasteiger partial charge in [0.2, 0.25) is 0 Å². The van der Waals surface area contributed by atoms with Crippen LogP contribution in [-0.2, 0) is 9.53 Å². The van der Waals surface area contributed by atoms with Gasteiger partial charge in [0.05, 0.1) is 7.11 Å². The lowest BCUT2D eigenvalue weighted by molar-refractivity contribution is -0.134. The zero-order valence-corrected chi connectivity index (χ0v) is 8.45. The molecule has 0 aliphatic rings. The second-order valence-corrected chi connectivity index (χ2v) is 3.17. The first-order chi connectivity index (χ1) is 6.76. The minimum Gasteiger partial charge on any atom is -0.466 e. The number of hydrogen-bond donors (Lipinski definition) is 1. The van der Waals surface area contributed by atoms with Crippen molar-refractivity contribution in [3.05, 3.63) is 35.9 Å². The highest BCUT2D eigenvalue weighted by Gasteiger charge is 1.94. The smallest absolute Gasteiger partial charge is 0.330 e. The SMILES string of the molecule is COC(=O)/C=C/c1cccc(SO)c1. The zero-order chi connectivity index (χ0) is 10.4. The van der Waals surface area contributed by atoms with Gasteiger partial charge in [-0.25, -0.2) is 4.79 Å².